The van der Waals surface area contributed by atoms with Crippen LogP contribution in [0.2, 0.25) is 0 Å². The van der Waals surface area contributed by atoms with E-state index in [0.29, 0.717) is 31.3 Å². The van der Waals surface area contributed by atoms with Crippen molar-refractivity contribution in [1.82, 2.24) is 5.32 Å². The largest absolute Gasteiger partial charge is 0.490 e. The predicted molar refractivity (Wildman–Crippen MR) is 85.2 cm³/mol. The Morgan fingerprint density at radius 3 is 2.43 bits per heavy atom. The first kappa shape index (κ1) is 17.1. The molecule has 1 aromatic carbocycles. The molecule has 5 nitrogen and oxygen atoms in total. The normalized spacial score (nSPS) is 11.6. The van der Waals surface area contributed by atoms with Gasteiger partial charge in [0.15, 0.2) is 11.5 Å². The molecule has 1 unspecified atom stereocenters. The van der Waals surface area contributed by atoms with Gasteiger partial charge in [0, 0.05) is 18.3 Å². The maximum atomic E-state index is 11.9. The third kappa shape index (κ3) is 5.53. The fourth-order valence-electron chi connectivity index (χ4n) is 1.86. The third-order valence-corrected chi connectivity index (χ3v) is 2.87. The van der Waals surface area contributed by atoms with Gasteiger partial charge in [0.25, 0.3) is 0 Å². The van der Waals surface area contributed by atoms with E-state index in [2.05, 4.69) is 10.6 Å². The van der Waals surface area contributed by atoms with Crippen molar-refractivity contribution in [2.75, 3.05) is 25.1 Å². The second-order valence-electron chi connectivity index (χ2n) is 4.68. The fourth-order valence-corrected chi connectivity index (χ4v) is 1.86. The van der Waals surface area contributed by atoms with Crippen molar-refractivity contribution in [2.24, 2.45) is 0 Å². The van der Waals surface area contributed by atoms with Gasteiger partial charge in [0.1, 0.15) is 6.04 Å². The van der Waals surface area contributed by atoms with Gasteiger partial charge >= 0.3 is 0 Å². The van der Waals surface area contributed by atoms with Crippen molar-refractivity contribution in [3.63, 3.8) is 0 Å². The minimum absolute atomic E-state index is 0.0105. The van der Waals surface area contributed by atoms with Gasteiger partial charge in [-0.05, 0) is 39.3 Å². The Bertz CT molecular complexity index is 449. The maximum absolute atomic E-state index is 11.9. The average molecular weight is 294 g/mol. The van der Waals surface area contributed by atoms with Crippen LogP contribution in [0.3, 0.4) is 0 Å². The number of hydrogen-bond acceptors (Lipinski definition) is 4. The first-order valence-electron chi connectivity index (χ1n) is 7.56. The second kappa shape index (κ2) is 9.10. The van der Waals surface area contributed by atoms with Crippen LogP contribution in [0.4, 0.5) is 5.69 Å². The van der Waals surface area contributed by atoms with E-state index in [9.17, 15) is 4.79 Å². The molecule has 0 aliphatic rings. The van der Waals surface area contributed by atoms with Crippen molar-refractivity contribution >= 4 is 11.6 Å². The standard InChI is InChI=1S/C16H26N2O3/c1-5-10-17-16(19)12(4)18-13-8-9-14(20-6-2)15(11-13)21-7-3/h8-9,11-12,18H,5-7,10H2,1-4H3,(H,17,19). The molecule has 0 heterocycles. The average Bonchev–Trinajstić information content (AvgIpc) is 2.47. The van der Waals surface area contributed by atoms with Gasteiger partial charge in [-0.2, -0.15) is 0 Å². The highest BCUT2D eigenvalue weighted by Crippen LogP contribution is 2.30. The first-order chi connectivity index (χ1) is 10.1. The number of anilines is 1. The molecule has 0 aliphatic heterocycles. The van der Waals surface area contributed by atoms with E-state index in [-0.39, 0.29) is 11.9 Å². The maximum Gasteiger partial charge on any atom is 0.242 e. The van der Waals surface area contributed by atoms with Crippen molar-refractivity contribution in [1.29, 1.82) is 0 Å². The molecule has 1 rings (SSSR count). The van der Waals surface area contributed by atoms with Gasteiger partial charge < -0.3 is 20.1 Å². The molecule has 0 saturated carbocycles. The van der Waals surface area contributed by atoms with Crippen LogP contribution in [0.5, 0.6) is 11.5 Å². The Morgan fingerprint density at radius 2 is 1.81 bits per heavy atom. The summed E-state index contributed by atoms with van der Waals surface area (Å²) in [5, 5.41) is 6.04. The summed E-state index contributed by atoms with van der Waals surface area (Å²) in [6.07, 6.45) is 0.927. The van der Waals surface area contributed by atoms with Crippen LogP contribution in [-0.4, -0.2) is 31.7 Å². The Hall–Kier alpha value is -1.91. The van der Waals surface area contributed by atoms with Crippen LogP contribution in [0, 0.1) is 0 Å². The van der Waals surface area contributed by atoms with E-state index < -0.39 is 0 Å². The number of nitrogens with one attached hydrogen (secondary N) is 2. The van der Waals surface area contributed by atoms with Gasteiger partial charge in [-0.1, -0.05) is 6.92 Å². The van der Waals surface area contributed by atoms with Crippen LogP contribution in [-0.2, 0) is 4.79 Å². The molecule has 0 aromatic heterocycles. The minimum Gasteiger partial charge on any atom is -0.490 e. The first-order valence-corrected chi connectivity index (χ1v) is 7.56. The molecule has 2 N–H and O–H groups in total. The SMILES string of the molecule is CCCNC(=O)C(C)Nc1ccc(OCC)c(OCC)c1. The molecule has 1 aromatic rings. The van der Waals surface area contributed by atoms with Gasteiger partial charge in [-0.15, -0.1) is 0 Å². The Kier molecular flexibility index (Phi) is 7.43. The smallest absolute Gasteiger partial charge is 0.242 e. The number of hydrogen-bond donors (Lipinski definition) is 2. The van der Waals surface area contributed by atoms with Crippen LogP contribution in [0.15, 0.2) is 18.2 Å². The quantitative estimate of drug-likeness (QED) is 0.735. The van der Waals surface area contributed by atoms with Gasteiger partial charge in [-0.25, -0.2) is 0 Å². The predicted octanol–water partition coefficient (Wildman–Crippen LogP) is 2.81. The van der Waals surface area contributed by atoms with Crippen LogP contribution >= 0.6 is 0 Å². The lowest BCUT2D eigenvalue weighted by atomic mass is 10.2. The number of carbonyl (C=O) groups is 1. The molecule has 0 bridgehead atoms. The zero-order valence-electron chi connectivity index (χ0n) is 13.4. The zero-order chi connectivity index (χ0) is 15.7. The summed E-state index contributed by atoms with van der Waals surface area (Å²) >= 11 is 0. The number of amides is 1. The fraction of sp³-hybridized carbons (Fsp3) is 0.562. The third-order valence-electron chi connectivity index (χ3n) is 2.87. The molecule has 0 radical (unpaired) electrons. The van der Waals surface area contributed by atoms with Gasteiger partial charge in [0.05, 0.1) is 13.2 Å². The molecule has 0 saturated heterocycles. The molecule has 1 atom stereocenters. The van der Waals surface area contributed by atoms with E-state index in [0.717, 1.165) is 12.1 Å². The summed E-state index contributed by atoms with van der Waals surface area (Å²) in [7, 11) is 0. The number of carbonyl (C=O) groups excluding carboxylic acids is 1. The summed E-state index contributed by atoms with van der Waals surface area (Å²) in [6.45, 7) is 9.57. The summed E-state index contributed by atoms with van der Waals surface area (Å²) < 4.78 is 11.1. The molecule has 1 amide bonds. The highest BCUT2D eigenvalue weighted by Gasteiger charge is 2.13. The Balaban J connectivity index is 2.74. The van der Waals surface area contributed by atoms with Crippen molar-refractivity contribution in [2.45, 2.75) is 40.2 Å². The Labute approximate surface area is 127 Å². The lowest BCUT2D eigenvalue weighted by Crippen LogP contribution is -2.37. The van der Waals surface area contributed by atoms with Crippen molar-refractivity contribution < 1.29 is 14.3 Å². The van der Waals surface area contributed by atoms with E-state index in [1.165, 1.54) is 0 Å². The monoisotopic (exact) mass is 294 g/mol. The highest BCUT2D eigenvalue weighted by atomic mass is 16.5. The summed E-state index contributed by atoms with van der Waals surface area (Å²) in [4.78, 5) is 11.9. The molecule has 21 heavy (non-hydrogen) atoms. The molecule has 5 heteroatoms. The Morgan fingerprint density at radius 1 is 1.14 bits per heavy atom. The van der Waals surface area contributed by atoms with E-state index in [1.807, 2.05) is 45.9 Å². The number of rotatable bonds is 9. The summed E-state index contributed by atoms with van der Waals surface area (Å²) in [5.41, 5.74) is 0.834. The lowest BCUT2D eigenvalue weighted by molar-refractivity contribution is -0.121. The second-order valence-corrected chi connectivity index (χ2v) is 4.68. The molecule has 118 valence electrons. The molecular weight excluding hydrogens is 268 g/mol. The van der Waals surface area contributed by atoms with Crippen molar-refractivity contribution in [3.8, 4) is 11.5 Å². The molecule has 0 fully saturated rings. The summed E-state index contributed by atoms with van der Waals surface area (Å²) in [6, 6.07) is 5.30. The molecule has 0 aliphatic carbocycles. The van der Waals surface area contributed by atoms with E-state index in [4.69, 9.17) is 9.47 Å². The minimum atomic E-state index is -0.302. The number of benzene rings is 1. The van der Waals surface area contributed by atoms with E-state index in [1.54, 1.807) is 0 Å². The number of ether oxygens (including phenoxy) is 2. The lowest BCUT2D eigenvalue weighted by Gasteiger charge is -2.17. The zero-order valence-corrected chi connectivity index (χ0v) is 13.4. The van der Waals surface area contributed by atoms with Crippen LogP contribution < -0.4 is 20.1 Å². The topological polar surface area (TPSA) is 59.6 Å². The van der Waals surface area contributed by atoms with Gasteiger partial charge in [-0.3, -0.25) is 4.79 Å². The van der Waals surface area contributed by atoms with Crippen LogP contribution in [0.1, 0.15) is 34.1 Å². The highest BCUT2D eigenvalue weighted by molar-refractivity contribution is 5.84. The van der Waals surface area contributed by atoms with Crippen LogP contribution in [0.25, 0.3) is 0 Å². The molecule has 0 spiro atoms. The van der Waals surface area contributed by atoms with E-state index >= 15 is 0 Å². The van der Waals surface area contributed by atoms with Gasteiger partial charge in [0.2, 0.25) is 5.91 Å². The van der Waals surface area contributed by atoms with Crippen molar-refractivity contribution in [3.05, 3.63) is 18.2 Å². The molecular formula is C16H26N2O3. The summed E-state index contributed by atoms with van der Waals surface area (Å²) in [5.74, 6) is 1.39.